The van der Waals surface area contributed by atoms with Crippen molar-refractivity contribution < 1.29 is 44.7 Å². The number of ether oxygens (including phenoxy) is 1. The van der Waals surface area contributed by atoms with Gasteiger partial charge in [0, 0.05) is 12.1 Å². The summed E-state index contributed by atoms with van der Waals surface area (Å²) in [5.74, 6) is -7.98. The maximum Gasteiger partial charge on any atom is 0.349 e. The third-order valence-corrected chi connectivity index (χ3v) is 11.1. The average Bonchev–Trinajstić information content (AvgIpc) is 3.22. The van der Waals surface area contributed by atoms with Gasteiger partial charge in [0.2, 0.25) is 0 Å². The van der Waals surface area contributed by atoms with Crippen molar-refractivity contribution in [1.29, 1.82) is 15.8 Å². The second kappa shape index (κ2) is 23.1. The number of nitriles is 3. The minimum absolute atomic E-state index is 0.216. The fraction of sp³-hybridized carbons (Fsp3) is 0.347. The number of rotatable bonds is 8. The third-order valence-electron chi connectivity index (χ3n) is 11.1. The molecule has 0 saturated heterocycles. The summed E-state index contributed by atoms with van der Waals surface area (Å²) >= 11 is 0. The minimum atomic E-state index is -1.45. The van der Waals surface area contributed by atoms with Crippen LogP contribution in [-0.2, 0) is 6.42 Å². The molecule has 2 fully saturated rings. The molecule has 62 heavy (non-hydrogen) atoms. The van der Waals surface area contributed by atoms with Crippen LogP contribution in [0.3, 0.4) is 0 Å². The van der Waals surface area contributed by atoms with Crippen LogP contribution in [0, 0.1) is 92.4 Å². The number of carbonyl (C=O) groups excluding carboxylic acids is 1. The Morgan fingerprint density at radius 2 is 0.968 bits per heavy atom. The monoisotopic (exact) mass is 859 g/mol. The molecule has 0 amide bonds. The van der Waals surface area contributed by atoms with Crippen LogP contribution in [-0.4, -0.2) is 5.97 Å². The Kier molecular flexibility index (Phi) is 18.0. The summed E-state index contributed by atoms with van der Waals surface area (Å²) in [4.78, 5) is 11.9. The molecule has 0 aromatic heterocycles. The topological polar surface area (TPSA) is 97.7 Å². The van der Waals surface area contributed by atoms with Crippen LogP contribution in [0.5, 0.6) is 5.75 Å². The normalized spacial score (nSPS) is 18.4. The van der Waals surface area contributed by atoms with Crippen molar-refractivity contribution in [2.45, 2.75) is 96.8 Å². The molecule has 0 spiro atoms. The molecule has 0 bridgehead atoms. The Morgan fingerprint density at radius 1 is 0.581 bits per heavy atom. The Bertz CT molecular complexity index is 2320. The van der Waals surface area contributed by atoms with Gasteiger partial charge < -0.3 is 4.74 Å². The van der Waals surface area contributed by atoms with E-state index >= 15 is 0 Å². The quantitative estimate of drug-likeness (QED) is 0.0761. The number of esters is 1. The molecule has 2 aliphatic carbocycles. The largest absolute Gasteiger partial charge is 0.423 e. The second-order valence-corrected chi connectivity index (χ2v) is 15.4. The molecule has 4 aromatic carbocycles. The number of benzene rings is 4. The lowest BCUT2D eigenvalue weighted by atomic mass is 9.77. The molecule has 0 N–H and O–H groups in total. The van der Waals surface area contributed by atoms with Gasteiger partial charge in [-0.15, -0.1) is 0 Å². The molecule has 0 unspecified atom stereocenters. The van der Waals surface area contributed by atoms with Gasteiger partial charge in [0.1, 0.15) is 92.7 Å². The Balaban J connectivity index is 0.000000208. The highest BCUT2D eigenvalue weighted by molar-refractivity contribution is 5.91. The lowest BCUT2D eigenvalue weighted by molar-refractivity contribution is 0.0723. The summed E-state index contributed by atoms with van der Waals surface area (Å²) in [5.41, 5.74) is -1.08. The Morgan fingerprint density at radius 3 is 1.35 bits per heavy atom. The molecule has 4 aromatic rings. The molecular formula is C49H45F8N3O2. The molecule has 0 atom stereocenters. The lowest BCUT2D eigenvalue weighted by Crippen LogP contribution is -2.14. The highest BCUT2D eigenvalue weighted by Crippen LogP contribution is 2.39. The molecule has 5 nitrogen and oxygen atoms in total. The Hall–Kier alpha value is -6.26. The fourth-order valence-corrected chi connectivity index (χ4v) is 7.59. The van der Waals surface area contributed by atoms with E-state index in [2.05, 4.69) is 23.8 Å². The predicted octanol–water partition coefficient (Wildman–Crippen LogP) is 13.7. The summed E-state index contributed by atoms with van der Waals surface area (Å²) in [7, 11) is 0. The SMILES string of the molecule is CC1CCC(c2cc(F)c(C#N)c(F)c2)CC1.CC=CCC1CCC(c2cc(F)c(C#N)c(F)c2)CC1.CC=CCc1cc(F)c(C(=O)Oc2cc(F)c(C#N)c(F)c2)c(F)c1. The van der Waals surface area contributed by atoms with Crippen LogP contribution in [0.1, 0.15) is 134 Å². The van der Waals surface area contributed by atoms with Crippen LogP contribution in [0.4, 0.5) is 35.1 Å². The summed E-state index contributed by atoms with van der Waals surface area (Å²) in [6, 6.07) is 12.8. The van der Waals surface area contributed by atoms with Crippen LogP contribution < -0.4 is 4.74 Å². The van der Waals surface area contributed by atoms with Gasteiger partial charge in [0.15, 0.2) is 0 Å². The smallest absolute Gasteiger partial charge is 0.349 e. The molecule has 324 valence electrons. The van der Waals surface area contributed by atoms with Crippen LogP contribution in [0.25, 0.3) is 0 Å². The van der Waals surface area contributed by atoms with Gasteiger partial charge in [-0.1, -0.05) is 44.1 Å². The van der Waals surface area contributed by atoms with E-state index in [1.807, 2.05) is 6.92 Å². The standard InChI is InChI=1S/C18H11F4NO2.C17H19F2N.C14H15F2N/c1-2-3-4-10-5-15(21)17(16(22)6-10)18(24)25-11-7-13(19)12(9-23)14(20)8-11;1-2-3-4-12-5-7-13(8-6-12)14-9-16(18)15(11-20)17(19)10-14;1-9-2-4-10(5-3-9)11-6-13(15)12(8-17)14(16)7-11/h2-3,5-8H,4H2,1H3;2-3,9-10,12-13H,4-8H2,1H3;6-7,9-10H,2-5H2,1H3. The molecule has 0 heterocycles. The van der Waals surface area contributed by atoms with Gasteiger partial charge in [-0.25, -0.2) is 39.9 Å². The van der Waals surface area contributed by atoms with E-state index in [-0.39, 0.29) is 18.3 Å². The highest BCUT2D eigenvalue weighted by atomic mass is 19.2. The number of halogens is 8. The van der Waals surface area contributed by atoms with Crippen molar-refractivity contribution in [1.82, 2.24) is 0 Å². The van der Waals surface area contributed by atoms with E-state index in [4.69, 9.17) is 15.8 Å². The van der Waals surface area contributed by atoms with E-state index in [0.29, 0.717) is 40.7 Å². The number of nitrogens with zero attached hydrogens (tertiary/aromatic N) is 3. The molecule has 13 heteroatoms. The Labute approximate surface area is 356 Å². The van der Waals surface area contributed by atoms with Gasteiger partial charge in [-0.3, -0.25) is 0 Å². The number of carbonyl (C=O) groups is 1. The second-order valence-electron chi connectivity index (χ2n) is 15.4. The van der Waals surface area contributed by atoms with Crippen molar-refractivity contribution in [3.63, 3.8) is 0 Å². The van der Waals surface area contributed by atoms with Gasteiger partial charge in [-0.05, 0) is 142 Å². The first-order valence-electron chi connectivity index (χ1n) is 20.2. The summed E-state index contributed by atoms with van der Waals surface area (Å²) in [6.45, 7) is 5.97. The van der Waals surface area contributed by atoms with Gasteiger partial charge in [0.05, 0.1) is 0 Å². The van der Waals surface area contributed by atoms with Crippen LogP contribution in [0.15, 0.2) is 72.8 Å². The minimum Gasteiger partial charge on any atom is -0.423 e. The van der Waals surface area contributed by atoms with Gasteiger partial charge in [0.25, 0.3) is 0 Å². The average molecular weight is 860 g/mol. The molecule has 2 saturated carbocycles. The zero-order valence-electron chi connectivity index (χ0n) is 34.5. The summed E-state index contributed by atoms with van der Waals surface area (Å²) < 4.78 is 114. The molecule has 6 rings (SSSR count). The lowest BCUT2D eigenvalue weighted by Gasteiger charge is -2.28. The third kappa shape index (κ3) is 12.9. The van der Waals surface area contributed by atoms with E-state index in [0.717, 1.165) is 69.9 Å². The highest BCUT2D eigenvalue weighted by Gasteiger charge is 2.25. The van der Waals surface area contributed by atoms with E-state index in [9.17, 15) is 39.9 Å². The molecule has 0 radical (unpaired) electrons. The van der Waals surface area contributed by atoms with Gasteiger partial charge >= 0.3 is 5.97 Å². The van der Waals surface area contributed by atoms with Gasteiger partial charge in [-0.2, -0.15) is 15.8 Å². The van der Waals surface area contributed by atoms with Crippen molar-refractivity contribution in [2.75, 3.05) is 0 Å². The zero-order chi connectivity index (χ0) is 45.5. The van der Waals surface area contributed by atoms with Crippen molar-refractivity contribution >= 4 is 5.97 Å². The molecule has 2 aliphatic rings. The first-order chi connectivity index (χ1) is 29.6. The number of allylic oxidation sites excluding steroid dienone is 4. The van der Waals surface area contributed by atoms with E-state index in [1.54, 1.807) is 31.2 Å². The first kappa shape index (κ1) is 48.4. The molecular weight excluding hydrogens is 815 g/mol. The maximum absolute atomic E-state index is 14.0. The van der Waals surface area contributed by atoms with E-state index < -0.39 is 80.5 Å². The van der Waals surface area contributed by atoms with Crippen molar-refractivity contribution in [2.24, 2.45) is 11.8 Å². The van der Waals surface area contributed by atoms with Crippen LogP contribution >= 0.6 is 0 Å². The van der Waals surface area contributed by atoms with E-state index in [1.165, 1.54) is 30.3 Å². The maximum atomic E-state index is 14.0. The molecule has 0 aliphatic heterocycles. The fourth-order valence-electron chi connectivity index (χ4n) is 7.59. The first-order valence-corrected chi connectivity index (χ1v) is 20.2. The summed E-state index contributed by atoms with van der Waals surface area (Å²) in [6.07, 6.45) is 17.3. The summed E-state index contributed by atoms with van der Waals surface area (Å²) in [5, 5.41) is 25.9. The predicted molar refractivity (Wildman–Crippen MR) is 218 cm³/mol. The number of hydrogen-bond acceptors (Lipinski definition) is 5. The number of hydrogen-bond donors (Lipinski definition) is 0. The van der Waals surface area contributed by atoms with Crippen molar-refractivity contribution in [3.8, 4) is 24.0 Å². The van der Waals surface area contributed by atoms with Crippen LogP contribution in [0.2, 0.25) is 0 Å². The van der Waals surface area contributed by atoms with Crippen molar-refractivity contribution in [3.05, 3.63) is 158 Å². The zero-order valence-corrected chi connectivity index (χ0v) is 34.5.